The maximum Gasteiger partial charge on any atom is 0.359 e. The summed E-state index contributed by atoms with van der Waals surface area (Å²) in [7, 11) is 0. The minimum absolute atomic E-state index is 0.0189. The van der Waals surface area contributed by atoms with Crippen LogP contribution in [0.3, 0.4) is 0 Å². The zero-order valence-electron chi connectivity index (χ0n) is 7.95. The van der Waals surface area contributed by atoms with Gasteiger partial charge in [-0.2, -0.15) is 0 Å². The number of carbonyl (C=O) groups is 1. The molecule has 3 N–H and O–H groups in total. The van der Waals surface area contributed by atoms with Crippen LogP contribution in [0.25, 0.3) is 0 Å². The van der Waals surface area contributed by atoms with Gasteiger partial charge in [-0.25, -0.2) is 4.79 Å². The fourth-order valence-corrected chi connectivity index (χ4v) is 1.49. The Morgan fingerprint density at radius 3 is 2.81 bits per heavy atom. The van der Waals surface area contributed by atoms with E-state index in [1.165, 1.54) is 12.1 Å². The standard InChI is InChI=1S/C9H7N3O3S/c10-8-7(16-12-11-8)9(14)15-6-4-2-1-3-5(6)13/h1-4,13H,10H2. The van der Waals surface area contributed by atoms with E-state index in [0.29, 0.717) is 0 Å². The zero-order chi connectivity index (χ0) is 11.5. The number of phenolic OH excluding ortho intramolecular Hbond substituents is 1. The predicted molar refractivity (Wildman–Crippen MR) is 57.4 cm³/mol. The second-order valence-electron chi connectivity index (χ2n) is 2.84. The van der Waals surface area contributed by atoms with Crippen molar-refractivity contribution in [3.63, 3.8) is 0 Å². The van der Waals surface area contributed by atoms with E-state index in [4.69, 9.17) is 10.5 Å². The Morgan fingerprint density at radius 1 is 1.44 bits per heavy atom. The van der Waals surface area contributed by atoms with Crippen LogP contribution < -0.4 is 10.5 Å². The lowest BCUT2D eigenvalue weighted by Crippen LogP contribution is -2.09. The first kappa shape index (κ1) is 10.4. The monoisotopic (exact) mass is 237 g/mol. The summed E-state index contributed by atoms with van der Waals surface area (Å²) in [5.74, 6) is -0.716. The number of esters is 1. The number of aromatic hydroxyl groups is 1. The smallest absolute Gasteiger partial charge is 0.359 e. The molecule has 0 aliphatic heterocycles. The van der Waals surface area contributed by atoms with Crippen LogP contribution in [0, 0.1) is 0 Å². The number of nitrogens with two attached hydrogens (primary N) is 1. The number of anilines is 1. The molecule has 0 saturated carbocycles. The molecule has 7 heteroatoms. The Kier molecular flexibility index (Phi) is 2.69. The van der Waals surface area contributed by atoms with Crippen LogP contribution in [0.1, 0.15) is 9.67 Å². The number of aromatic nitrogens is 2. The third-order valence-electron chi connectivity index (χ3n) is 1.77. The molecule has 0 saturated heterocycles. The van der Waals surface area contributed by atoms with Gasteiger partial charge in [-0.05, 0) is 23.7 Å². The summed E-state index contributed by atoms with van der Waals surface area (Å²) in [6, 6.07) is 6.14. The van der Waals surface area contributed by atoms with Gasteiger partial charge in [0.2, 0.25) is 0 Å². The summed E-state index contributed by atoms with van der Waals surface area (Å²) in [6.45, 7) is 0. The van der Waals surface area contributed by atoms with Crippen molar-refractivity contribution >= 4 is 23.3 Å². The highest BCUT2D eigenvalue weighted by Crippen LogP contribution is 2.26. The number of ether oxygens (including phenoxy) is 1. The molecular weight excluding hydrogens is 230 g/mol. The van der Waals surface area contributed by atoms with Gasteiger partial charge in [-0.3, -0.25) is 0 Å². The highest BCUT2D eigenvalue weighted by molar-refractivity contribution is 7.08. The molecule has 0 bridgehead atoms. The summed E-state index contributed by atoms with van der Waals surface area (Å²) in [6.07, 6.45) is 0. The Labute approximate surface area is 94.5 Å². The van der Waals surface area contributed by atoms with Gasteiger partial charge in [0.15, 0.2) is 22.2 Å². The number of hydrogen-bond donors (Lipinski definition) is 2. The Balaban J connectivity index is 2.21. The van der Waals surface area contributed by atoms with Gasteiger partial charge in [-0.15, -0.1) is 5.10 Å². The maximum atomic E-state index is 11.6. The minimum Gasteiger partial charge on any atom is -0.504 e. The van der Waals surface area contributed by atoms with Gasteiger partial charge in [0.05, 0.1) is 0 Å². The molecule has 0 spiro atoms. The molecule has 0 unspecified atom stereocenters. The van der Waals surface area contributed by atoms with Crippen molar-refractivity contribution in [1.29, 1.82) is 0 Å². The number of carbonyl (C=O) groups excluding carboxylic acids is 1. The quantitative estimate of drug-likeness (QED) is 0.598. The second-order valence-corrected chi connectivity index (χ2v) is 3.60. The summed E-state index contributed by atoms with van der Waals surface area (Å²) in [5.41, 5.74) is 5.41. The molecule has 0 radical (unpaired) electrons. The topological polar surface area (TPSA) is 98.3 Å². The molecule has 0 aliphatic rings. The van der Waals surface area contributed by atoms with Crippen molar-refractivity contribution in [3.8, 4) is 11.5 Å². The Hall–Kier alpha value is -2.15. The molecular formula is C9H7N3O3S. The first-order chi connectivity index (χ1) is 7.68. The summed E-state index contributed by atoms with van der Waals surface area (Å²) < 4.78 is 8.44. The van der Waals surface area contributed by atoms with Crippen LogP contribution in [0.4, 0.5) is 5.82 Å². The van der Waals surface area contributed by atoms with Crippen molar-refractivity contribution < 1.29 is 14.6 Å². The zero-order valence-corrected chi connectivity index (χ0v) is 8.77. The highest BCUT2D eigenvalue weighted by Gasteiger charge is 2.17. The van der Waals surface area contributed by atoms with Gasteiger partial charge >= 0.3 is 5.97 Å². The molecule has 1 aromatic heterocycles. The van der Waals surface area contributed by atoms with Gasteiger partial charge in [0.25, 0.3) is 0 Å². The van der Waals surface area contributed by atoms with E-state index in [1.807, 2.05) is 0 Å². The molecule has 0 aliphatic carbocycles. The van der Waals surface area contributed by atoms with Crippen LogP contribution in [0.2, 0.25) is 0 Å². The lowest BCUT2D eigenvalue weighted by atomic mass is 10.3. The van der Waals surface area contributed by atoms with E-state index in [2.05, 4.69) is 9.59 Å². The van der Waals surface area contributed by atoms with Gasteiger partial charge in [0, 0.05) is 0 Å². The molecule has 0 atom stereocenters. The number of hydrogen-bond acceptors (Lipinski definition) is 7. The number of rotatable bonds is 2. The van der Waals surface area contributed by atoms with Crippen molar-refractivity contribution in [2.75, 3.05) is 5.73 Å². The van der Waals surface area contributed by atoms with Crippen LogP contribution in [0.15, 0.2) is 24.3 Å². The number of nitrogens with zero attached hydrogens (tertiary/aromatic N) is 2. The fraction of sp³-hybridized carbons (Fsp3) is 0. The first-order valence-corrected chi connectivity index (χ1v) is 5.04. The molecule has 2 aromatic rings. The Morgan fingerprint density at radius 2 is 2.19 bits per heavy atom. The largest absolute Gasteiger partial charge is 0.504 e. The van der Waals surface area contributed by atoms with Crippen molar-refractivity contribution in [1.82, 2.24) is 9.59 Å². The molecule has 16 heavy (non-hydrogen) atoms. The molecule has 1 aromatic carbocycles. The second kappa shape index (κ2) is 4.15. The van der Waals surface area contributed by atoms with Crippen molar-refractivity contribution in [3.05, 3.63) is 29.1 Å². The molecule has 1 heterocycles. The Bertz CT molecular complexity index is 526. The van der Waals surface area contributed by atoms with Crippen molar-refractivity contribution in [2.24, 2.45) is 0 Å². The highest BCUT2D eigenvalue weighted by atomic mass is 32.1. The maximum absolute atomic E-state index is 11.6. The fourth-order valence-electron chi connectivity index (χ4n) is 1.03. The molecule has 0 amide bonds. The average Bonchev–Trinajstić information content (AvgIpc) is 2.68. The number of benzene rings is 1. The van der Waals surface area contributed by atoms with Crippen LogP contribution in [-0.4, -0.2) is 20.7 Å². The minimum atomic E-state index is -0.686. The van der Waals surface area contributed by atoms with E-state index in [0.717, 1.165) is 11.5 Å². The third kappa shape index (κ3) is 1.94. The summed E-state index contributed by atoms with van der Waals surface area (Å²) >= 11 is 0.840. The van der Waals surface area contributed by atoms with Crippen LogP contribution in [0.5, 0.6) is 11.5 Å². The molecule has 0 fully saturated rings. The summed E-state index contributed by atoms with van der Waals surface area (Å²) in [5, 5.41) is 12.9. The molecule has 2 rings (SSSR count). The SMILES string of the molecule is Nc1nnsc1C(=O)Oc1ccccc1O. The van der Waals surface area contributed by atoms with Crippen LogP contribution >= 0.6 is 11.5 Å². The van der Waals surface area contributed by atoms with E-state index in [-0.39, 0.29) is 22.2 Å². The first-order valence-electron chi connectivity index (χ1n) is 4.26. The van der Waals surface area contributed by atoms with Gasteiger partial charge in [-0.1, -0.05) is 16.6 Å². The molecule has 82 valence electrons. The number of nitrogen functional groups attached to an aromatic ring is 1. The summed E-state index contributed by atoms with van der Waals surface area (Å²) in [4.78, 5) is 11.7. The van der Waals surface area contributed by atoms with Gasteiger partial charge < -0.3 is 15.6 Å². The van der Waals surface area contributed by atoms with Crippen LogP contribution in [-0.2, 0) is 0 Å². The average molecular weight is 237 g/mol. The molecule has 6 nitrogen and oxygen atoms in total. The normalized spacial score (nSPS) is 10.0. The lowest BCUT2D eigenvalue weighted by Gasteiger charge is -2.03. The number of para-hydroxylation sites is 2. The van der Waals surface area contributed by atoms with E-state index < -0.39 is 5.97 Å². The van der Waals surface area contributed by atoms with Crippen molar-refractivity contribution in [2.45, 2.75) is 0 Å². The van der Waals surface area contributed by atoms with E-state index >= 15 is 0 Å². The lowest BCUT2D eigenvalue weighted by molar-refractivity contribution is 0.0735. The number of phenols is 1. The predicted octanol–water partition coefficient (Wildman–Crippen LogP) is 1.05. The van der Waals surface area contributed by atoms with E-state index in [9.17, 15) is 9.90 Å². The van der Waals surface area contributed by atoms with Gasteiger partial charge in [0.1, 0.15) is 0 Å². The third-order valence-corrected chi connectivity index (χ3v) is 2.49. The van der Waals surface area contributed by atoms with E-state index in [1.54, 1.807) is 12.1 Å².